The minimum Gasteiger partial charge on any atom is -0.0928 e. The maximum atomic E-state index is 6.00. The van der Waals surface area contributed by atoms with Crippen LogP contribution in [0.5, 0.6) is 0 Å². The highest BCUT2D eigenvalue weighted by molar-refractivity contribution is 9.09. The van der Waals surface area contributed by atoms with Crippen LogP contribution < -0.4 is 0 Å². The molecule has 0 radical (unpaired) electrons. The monoisotopic (exact) mass is 164 g/mol. The van der Waals surface area contributed by atoms with Gasteiger partial charge in [0.15, 0.2) is 0 Å². The van der Waals surface area contributed by atoms with Crippen LogP contribution in [0.15, 0.2) is 0 Å². The Hall–Kier alpha value is -0.100. The fourth-order valence-electron chi connectivity index (χ4n) is 0.134. The van der Waals surface area contributed by atoms with Crippen molar-refractivity contribution in [3.63, 3.8) is 0 Å². The molecule has 0 amide bonds. The number of unbranched alkanes of at least 4 members (excludes halogenated alkanes) is 1. The molecule has 0 atom stereocenters. The van der Waals surface area contributed by atoms with Gasteiger partial charge >= 0.3 is 0 Å². The van der Waals surface area contributed by atoms with Crippen LogP contribution in [0.2, 0.25) is 0 Å². The number of alkyl halides is 1. The highest BCUT2D eigenvalue weighted by Crippen LogP contribution is 1.89. The topological polar surface area (TPSA) is 47.6 Å². The summed E-state index contributed by atoms with van der Waals surface area (Å²) in [6, 6.07) is 0. The van der Waals surface area contributed by atoms with E-state index < -0.39 is 0 Å². The van der Waals surface area contributed by atoms with Crippen LogP contribution in [0.25, 0.3) is 0 Å². The van der Waals surface area contributed by atoms with Gasteiger partial charge in [0, 0.05) is 16.1 Å². The van der Waals surface area contributed by atoms with Crippen LogP contribution in [-0.4, -0.2) is 5.33 Å². The zero-order chi connectivity index (χ0) is 6.12. The third kappa shape index (κ3) is 24.9. The molecule has 0 unspecified atom stereocenters. The average Bonchev–Trinajstić information content (AvgIpc) is 1.75. The fourth-order valence-corrected chi connectivity index (χ4v) is 0.694. The number of rotatable bonds is 2. The summed E-state index contributed by atoms with van der Waals surface area (Å²) in [6.07, 6.45) is 2.60. The second kappa shape index (κ2) is 16.8. The standard InChI is InChI=1S/C4H9Br.N2/c1-2-3-4-5;1-2/h2-4H2,1H3;. The van der Waals surface area contributed by atoms with Gasteiger partial charge in [-0.3, -0.25) is 0 Å². The second-order valence-electron chi connectivity index (χ2n) is 1.04. The van der Waals surface area contributed by atoms with Gasteiger partial charge in [-0.15, -0.1) is 0 Å². The van der Waals surface area contributed by atoms with Crippen LogP contribution in [0.1, 0.15) is 19.8 Å². The number of hydrogen-bond donors (Lipinski definition) is 0. The van der Waals surface area contributed by atoms with Crippen molar-refractivity contribution in [2.45, 2.75) is 19.8 Å². The maximum absolute atomic E-state index is 6.00. The van der Waals surface area contributed by atoms with Gasteiger partial charge in [0.25, 0.3) is 0 Å². The molecule has 0 fully saturated rings. The summed E-state index contributed by atoms with van der Waals surface area (Å²) < 4.78 is 0. The van der Waals surface area contributed by atoms with Gasteiger partial charge in [-0.25, -0.2) is 0 Å². The van der Waals surface area contributed by atoms with Gasteiger partial charge < -0.3 is 0 Å². The number of hydrogen-bond acceptors (Lipinski definition) is 2. The summed E-state index contributed by atoms with van der Waals surface area (Å²) in [5.41, 5.74) is 0. The molecule has 0 aromatic heterocycles. The largest absolute Gasteiger partial charge is 0.0928 e. The molecule has 0 saturated carbocycles. The van der Waals surface area contributed by atoms with Crippen molar-refractivity contribution in [2.75, 3.05) is 5.33 Å². The molecule has 0 aromatic rings. The molecular weight excluding hydrogens is 156 g/mol. The van der Waals surface area contributed by atoms with Crippen molar-refractivity contribution in [1.82, 2.24) is 0 Å². The van der Waals surface area contributed by atoms with Crippen molar-refractivity contribution in [3.05, 3.63) is 0 Å². The molecule has 0 spiro atoms. The van der Waals surface area contributed by atoms with E-state index in [-0.39, 0.29) is 0 Å². The Morgan fingerprint density at radius 1 is 1.43 bits per heavy atom. The lowest BCUT2D eigenvalue weighted by atomic mass is 10.4. The Kier molecular flexibility index (Phi) is 24.1. The maximum Gasteiger partial charge on any atom is 0.00312 e. The van der Waals surface area contributed by atoms with Crippen molar-refractivity contribution in [3.8, 4) is 0 Å². The van der Waals surface area contributed by atoms with Crippen molar-refractivity contribution < 1.29 is 0 Å². The number of halogens is 1. The quantitative estimate of drug-likeness (QED) is 0.465. The molecule has 0 rings (SSSR count). The van der Waals surface area contributed by atoms with Crippen LogP contribution in [0.4, 0.5) is 0 Å². The molecule has 0 aliphatic heterocycles. The van der Waals surface area contributed by atoms with Crippen LogP contribution in [-0.2, 0) is 0 Å². The first-order valence-electron chi connectivity index (χ1n) is 2.17. The van der Waals surface area contributed by atoms with E-state index in [0.717, 1.165) is 5.33 Å². The summed E-state index contributed by atoms with van der Waals surface area (Å²) in [4.78, 5) is 0. The SMILES string of the molecule is CCCCBr.N#N. The van der Waals surface area contributed by atoms with E-state index >= 15 is 0 Å². The van der Waals surface area contributed by atoms with Crippen LogP contribution >= 0.6 is 15.9 Å². The van der Waals surface area contributed by atoms with E-state index in [1.807, 2.05) is 0 Å². The normalized spacial score (nSPS) is 6.29. The van der Waals surface area contributed by atoms with Crippen molar-refractivity contribution in [1.29, 1.82) is 10.8 Å². The predicted molar refractivity (Wildman–Crippen MR) is 32.2 cm³/mol. The van der Waals surface area contributed by atoms with E-state index in [9.17, 15) is 0 Å². The molecule has 3 heteroatoms. The predicted octanol–water partition coefficient (Wildman–Crippen LogP) is 2.21. The molecule has 2 nitrogen and oxygen atoms in total. The summed E-state index contributed by atoms with van der Waals surface area (Å²) >= 11 is 3.31. The Morgan fingerprint density at radius 3 is 1.86 bits per heavy atom. The highest BCUT2D eigenvalue weighted by Gasteiger charge is 1.69. The molecule has 0 aliphatic carbocycles. The molecule has 0 N–H and O–H groups in total. The van der Waals surface area contributed by atoms with E-state index in [4.69, 9.17) is 10.8 Å². The lowest BCUT2D eigenvalue weighted by Crippen LogP contribution is -1.64. The Labute approximate surface area is 52.5 Å². The zero-order valence-electron chi connectivity index (χ0n) is 4.39. The van der Waals surface area contributed by atoms with E-state index in [0.29, 0.717) is 0 Å². The molecule has 0 aromatic carbocycles. The first-order chi connectivity index (χ1) is 3.41. The van der Waals surface area contributed by atoms with E-state index in [2.05, 4.69) is 22.9 Å². The molecule has 7 heavy (non-hydrogen) atoms. The molecule has 0 saturated heterocycles. The van der Waals surface area contributed by atoms with Gasteiger partial charge in [0.2, 0.25) is 0 Å². The summed E-state index contributed by atoms with van der Waals surface area (Å²) in [5.74, 6) is 0. The number of nitrogens with zero attached hydrogens (tertiary/aromatic N) is 2. The van der Waals surface area contributed by atoms with Crippen molar-refractivity contribution >= 4 is 15.9 Å². The Morgan fingerprint density at radius 2 is 1.86 bits per heavy atom. The lowest BCUT2D eigenvalue weighted by molar-refractivity contribution is 0.902. The van der Waals surface area contributed by atoms with Crippen LogP contribution in [0, 0.1) is 10.8 Å². The lowest BCUT2D eigenvalue weighted by Gasteiger charge is -1.77. The van der Waals surface area contributed by atoms with E-state index in [1.165, 1.54) is 12.8 Å². The van der Waals surface area contributed by atoms with Crippen molar-refractivity contribution in [2.24, 2.45) is 0 Å². The first-order valence-corrected chi connectivity index (χ1v) is 3.30. The summed E-state index contributed by atoms with van der Waals surface area (Å²) in [5, 5.41) is 13.2. The minimum atomic E-state index is 1.16. The highest BCUT2D eigenvalue weighted by atomic mass is 79.9. The second-order valence-corrected chi connectivity index (χ2v) is 1.84. The third-order valence-corrected chi connectivity index (χ3v) is 1.05. The first kappa shape index (κ1) is 10.0. The average molecular weight is 165 g/mol. The summed E-state index contributed by atoms with van der Waals surface area (Å²) in [6.45, 7) is 2.18. The molecule has 0 bridgehead atoms. The molecule has 0 heterocycles. The zero-order valence-corrected chi connectivity index (χ0v) is 5.98. The van der Waals surface area contributed by atoms with Gasteiger partial charge in [-0.1, -0.05) is 29.3 Å². The molecule has 0 aliphatic rings. The fraction of sp³-hybridized carbons (Fsp3) is 1.00. The van der Waals surface area contributed by atoms with E-state index in [1.54, 1.807) is 0 Å². The molecule has 42 valence electrons. The van der Waals surface area contributed by atoms with Gasteiger partial charge in [-0.05, 0) is 6.42 Å². The molecular formula is C4H9BrN2. The Balaban J connectivity index is 0. The summed E-state index contributed by atoms with van der Waals surface area (Å²) in [7, 11) is 0. The third-order valence-electron chi connectivity index (χ3n) is 0.487. The van der Waals surface area contributed by atoms with Gasteiger partial charge in [0.1, 0.15) is 0 Å². The van der Waals surface area contributed by atoms with Gasteiger partial charge in [-0.2, -0.15) is 0 Å². The van der Waals surface area contributed by atoms with Crippen LogP contribution in [0.3, 0.4) is 0 Å². The van der Waals surface area contributed by atoms with Gasteiger partial charge in [0.05, 0.1) is 0 Å². The Bertz CT molecular complexity index is 33.9. The minimum absolute atomic E-state index is 1.16. The smallest absolute Gasteiger partial charge is 0.00312 e.